The largest absolute Gasteiger partial charge is 0.466 e. The Morgan fingerprint density at radius 2 is 2.08 bits per heavy atom. The van der Waals surface area contributed by atoms with Crippen molar-refractivity contribution in [3.05, 3.63) is 48.4 Å². The molecule has 0 saturated carbocycles. The Kier molecular flexibility index (Phi) is 2.06. The van der Waals surface area contributed by atoms with Gasteiger partial charge >= 0.3 is 0 Å². The molecule has 1 unspecified atom stereocenters. The number of nitrogens with zero attached hydrogens (tertiary/aromatic N) is 2. The maximum Gasteiger partial charge on any atom is 0.140 e. The summed E-state index contributed by atoms with van der Waals surface area (Å²) in [6.45, 7) is 0. The number of furan rings is 1. The lowest BCUT2D eigenvalue weighted by Gasteiger charge is -2.05. The molecule has 0 aliphatic carbocycles. The van der Waals surface area contributed by atoms with Crippen LogP contribution >= 0.6 is 0 Å². The second kappa shape index (κ2) is 3.37. The average Bonchev–Trinajstić information content (AvgIpc) is 2.71. The molecule has 13 heavy (non-hydrogen) atoms. The molecule has 2 aromatic heterocycles. The molecule has 0 aliphatic heterocycles. The third kappa shape index (κ3) is 1.57. The Balaban J connectivity index is 2.29. The second-order valence-electron chi connectivity index (χ2n) is 2.59. The van der Waals surface area contributed by atoms with Gasteiger partial charge in [0.1, 0.15) is 18.2 Å². The van der Waals surface area contributed by atoms with Crippen LogP contribution in [0.3, 0.4) is 0 Å². The smallest absolute Gasteiger partial charge is 0.140 e. The minimum Gasteiger partial charge on any atom is -0.466 e. The molecule has 0 saturated heterocycles. The Morgan fingerprint density at radius 1 is 1.31 bits per heavy atom. The van der Waals surface area contributed by atoms with Crippen LogP contribution in [-0.2, 0) is 0 Å². The van der Waals surface area contributed by atoms with Gasteiger partial charge in [-0.2, -0.15) is 0 Å². The number of aliphatic hydroxyl groups is 1. The molecular formula is C9H8N2O2. The van der Waals surface area contributed by atoms with Gasteiger partial charge in [-0.05, 0) is 12.1 Å². The summed E-state index contributed by atoms with van der Waals surface area (Å²) in [5, 5.41) is 9.71. The van der Waals surface area contributed by atoms with Crippen molar-refractivity contribution in [3.63, 3.8) is 0 Å². The molecular weight excluding hydrogens is 168 g/mol. The van der Waals surface area contributed by atoms with E-state index in [1.165, 1.54) is 12.6 Å². The summed E-state index contributed by atoms with van der Waals surface area (Å²) in [4.78, 5) is 7.61. The van der Waals surface area contributed by atoms with Crippen molar-refractivity contribution < 1.29 is 9.52 Å². The molecule has 66 valence electrons. The van der Waals surface area contributed by atoms with E-state index in [-0.39, 0.29) is 0 Å². The fraction of sp³-hybridized carbons (Fsp3) is 0.111. The fourth-order valence-corrected chi connectivity index (χ4v) is 1.06. The van der Waals surface area contributed by atoms with Gasteiger partial charge in [0.15, 0.2) is 0 Å². The van der Waals surface area contributed by atoms with Crippen LogP contribution in [0.25, 0.3) is 0 Å². The first-order valence-corrected chi connectivity index (χ1v) is 3.84. The van der Waals surface area contributed by atoms with E-state index in [9.17, 15) is 5.11 Å². The highest BCUT2D eigenvalue weighted by molar-refractivity contribution is 5.18. The molecule has 2 aromatic rings. The fourth-order valence-electron chi connectivity index (χ4n) is 1.06. The third-order valence-electron chi connectivity index (χ3n) is 1.71. The Morgan fingerprint density at radius 3 is 2.69 bits per heavy atom. The first kappa shape index (κ1) is 7.94. The Bertz CT molecular complexity index is 358. The number of rotatable bonds is 2. The van der Waals surface area contributed by atoms with E-state index in [1.54, 1.807) is 24.5 Å². The minimum atomic E-state index is -0.781. The third-order valence-corrected chi connectivity index (χ3v) is 1.71. The molecule has 0 aliphatic rings. The van der Waals surface area contributed by atoms with Crippen molar-refractivity contribution in [1.29, 1.82) is 0 Å². The summed E-state index contributed by atoms with van der Waals surface area (Å²) in [7, 11) is 0. The summed E-state index contributed by atoms with van der Waals surface area (Å²) in [5.74, 6) is 0.495. The minimum absolute atomic E-state index is 0.495. The molecule has 1 N–H and O–H groups in total. The van der Waals surface area contributed by atoms with Gasteiger partial charge in [-0.3, -0.25) is 0 Å². The molecule has 2 heterocycles. The van der Waals surface area contributed by atoms with Gasteiger partial charge in [0.25, 0.3) is 0 Å². The van der Waals surface area contributed by atoms with Gasteiger partial charge in [-0.1, -0.05) is 0 Å². The lowest BCUT2D eigenvalue weighted by atomic mass is 10.1. The van der Waals surface area contributed by atoms with Crippen LogP contribution in [0.2, 0.25) is 0 Å². The molecule has 0 fully saturated rings. The highest BCUT2D eigenvalue weighted by Crippen LogP contribution is 2.19. The number of aromatic nitrogens is 2. The standard InChI is InChI=1S/C9H8N2O2/c12-9(8-2-1-3-13-8)7-4-10-6-11-5-7/h1-6,9,12H. The topological polar surface area (TPSA) is 59.2 Å². The zero-order valence-corrected chi connectivity index (χ0v) is 6.79. The van der Waals surface area contributed by atoms with Crippen LogP contribution in [0.5, 0.6) is 0 Å². The SMILES string of the molecule is OC(c1cncnc1)c1ccco1. The molecule has 0 amide bonds. The van der Waals surface area contributed by atoms with E-state index < -0.39 is 6.10 Å². The van der Waals surface area contributed by atoms with Crippen molar-refractivity contribution in [2.45, 2.75) is 6.10 Å². The normalized spacial score (nSPS) is 12.7. The molecule has 0 aromatic carbocycles. The first-order chi connectivity index (χ1) is 6.38. The predicted octanol–water partition coefficient (Wildman–Crippen LogP) is 1.15. The second-order valence-corrected chi connectivity index (χ2v) is 2.59. The number of hydrogen-bond acceptors (Lipinski definition) is 4. The van der Waals surface area contributed by atoms with Crippen LogP contribution in [0.4, 0.5) is 0 Å². The molecule has 0 spiro atoms. The highest BCUT2D eigenvalue weighted by atomic mass is 16.4. The number of aliphatic hydroxyl groups excluding tert-OH is 1. The lowest BCUT2D eigenvalue weighted by molar-refractivity contribution is 0.188. The molecule has 4 nitrogen and oxygen atoms in total. The van der Waals surface area contributed by atoms with E-state index in [0.717, 1.165) is 0 Å². The van der Waals surface area contributed by atoms with Gasteiger partial charge in [0.2, 0.25) is 0 Å². The van der Waals surface area contributed by atoms with E-state index in [2.05, 4.69) is 9.97 Å². The molecule has 2 rings (SSSR count). The molecule has 1 atom stereocenters. The van der Waals surface area contributed by atoms with Gasteiger partial charge in [-0.15, -0.1) is 0 Å². The van der Waals surface area contributed by atoms with Gasteiger partial charge in [0, 0.05) is 18.0 Å². The monoisotopic (exact) mass is 176 g/mol. The maximum atomic E-state index is 9.71. The first-order valence-electron chi connectivity index (χ1n) is 3.84. The summed E-state index contributed by atoms with van der Waals surface area (Å²) in [6, 6.07) is 3.43. The van der Waals surface area contributed by atoms with Crippen LogP contribution < -0.4 is 0 Å². The van der Waals surface area contributed by atoms with Crippen LogP contribution in [0.15, 0.2) is 41.5 Å². The van der Waals surface area contributed by atoms with Crippen molar-refractivity contribution in [2.75, 3.05) is 0 Å². The van der Waals surface area contributed by atoms with E-state index in [1.807, 2.05) is 0 Å². The summed E-state index contributed by atoms with van der Waals surface area (Å²) < 4.78 is 5.04. The van der Waals surface area contributed by atoms with E-state index in [0.29, 0.717) is 11.3 Å². The quantitative estimate of drug-likeness (QED) is 0.745. The molecule has 4 heteroatoms. The van der Waals surface area contributed by atoms with Crippen LogP contribution in [-0.4, -0.2) is 15.1 Å². The van der Waals surface area contributed by atoms with Gasteiger partial charge in [-0.25, -0.2) is 9.97 Å². The van der Waals surface area contributed by atoms with Crippen LogP contribution in [0, 0.1) is 0 Å². The van der Waals surface area contributed by atoms with Crippen molar-refractivity contribution in [3.8, 4) is 0 Å². The zero-order chi connectivity index (χ0) is 9.10. The number of hydrogen-bond donors (Lipinski definition) is 1. The Labute approximate surface area is 74.9 Å². The Hall–Kier alpha value is -1.68. The van der Waals surface area contributed by atoms with Crippen molar-refractivity contribution >= 4 is 0 Å². The van der Waals surface area contributed by atoms with Gasteiger partial charge < -0.3 is 9.52 Å². The summed E-state index contributed by atoms with van der Waals surface area (Å²) in [5.41, 5.74) is 0.623. The lowest BCUT2D eigenvalue weighted by Crippen LogP contribution is -1.98. The molecule has 0 bridgehead atoms. The summed E-state index contributed by atoms with van der Waals surface area (Å²) in [6.07, 6.45) is 5.26. The predicted molar refractivity (Wildman–Crippen MR) is 44.8 cm³/mol. The van der Waals surface area contributed by atoms with Gasteiger partial charge in [0.05, 0.1) is 6.26 Å². The van der Waals surface area contributed by atoms with E-state index >= 15 is 0 Å². The summed E-state index contributed by atoms with van der Waals surface area (Å²) >= 11 is 0. The van der Waals surface area contributed by atoms with Crippen LogP contribution in [0.1, 0.15) is 17.4 Å². The molecule has 0 radical (unpaired) electrons. The highest BCUT2D eigenvalue weighted by Gasteiger charge is 2.12. The van der Waals surface area contributed by atoms with Crippen molar-refractivity contribution in [2.24, 2.45) is 0 Å². The zero-order valence-electron chi connectivity index (χ0n) is 6.79. The van der Waals surface area contributed by atoms with E-state index in [4.69, 9.17) is 4.42 Å². The maximum absolute atomic E-state index is 9.71. The van der Waals surface area contributed by atoms with Crippen molar-refractivity contribution in [1.82, 2.24) is 9.97 Å². The average molecular weight is 176 g/mol.